The van der Waals surface area contributed by atoms with Gasteiger partial charge in [0.1, 0.15) is 0 Å². The van der Waals surface area contributed by atoms with E-state index in [2.05, 4.69) is 83.1 Å². The summed E-state index contributed by atoms with van der Waals surface area (Å²) in [6.07, 6.45) is 2.40. The van der Waals surface area contributed by atoms with E-state index >= 15 is 0 Å². The molecule has 1 saturated heterocycles. The van der Waals surface area contributed by atoms with E-state index in [9.17, 15) is 0 Å². The van der Waals surface area contributed by atoms with Gasteiger partial charge in [-0.2, -0.15) is 0 Å². The van der Waals surface area contributed by atoms with Crippen LogP contribution in [-0.4, -0.2) is 12.2 Å². The highest BCUT2D eigenvalue weighted by molar-refractivity contribution is 5.00. The van der Waals surface area contributed by atoms with Crippen molar-refractivity contribution >= 4 is 0 Å². The van der Waals surface area contributed by atoms with Crippen molar-refractivity contribution < 1.29 is 4.74 Å². The standard InChI is InChI=1S/C11H22.C10H20O/c1-10(2,3)8-7-9(8)11(4,5)6;1-9(2,3)7-8(11-7)10(4,5)6/h8-9H,7H2,1-6H3;7-8H,1-6H3/t8-,9-;7-,8-/m11/s1. The summed E-state index contributed by atoms with van der Waals surface area (Å²) < 4.78 is 5.65. The van der Waals surface area contributed by atoms with Crippen LogP contribution in [0.4, 0.5) is 0 Å². The molecule has 2 fully saturated rings. The topological polar surface area (TPSA) is 12.5 Å². The maximum atomic E-state index is 5.65. The summed E-state index contributed by atoms with van der Waals surface area (Å²) in [5.41, 5.74) is 1.71. The van der Waals surface area contributed by atoms with Crippen molar-refractivity contribution in [3.8, 4) is 0 Å². The lowest BCUT2D eigenvalue weighted by atomic mass is 9.81. The Bertz CT molecular complexity index is 293. The van der Waals surface area contributed by atoms with Crippen LogP contribution in [0.25, 0.3) is 0 Å². The first kappa shape index (κ1) is 20.0. The quantitative estimate of drug-likeness (QED) is 0.461. The lowest BCUT2D eigenvalue weighted by Crippen LogP contribution is -2.23. The summed E-state index contributed by atoms with van der Waals surface area (Å²) in [6.45, 7) is 27.6. The van der Waals surface area contributed by atoms with Crippen LogP contribution in [0, 0.1) is 33.5 Å². The Morgan fingerprint density at radius 3 is 0.864 bits per heavy atom. The minimum absolute atomic E-state index is 0.317. The van der Waals surface area contributed by atoms with Gasteiger partial charge in [0, 0.05) is 0 Å². The number of ether oxygens (including phenoxy) is 1. The summed E-state index contributed by atoms with van der Waals surface area (Å²) in [4.78, 5) is 0. The maximum Gasteiger partial charge on any atom is 0.0895 e. The molecule has 0 amide bonds. The van der Waals surface area contributed by atoms with Crippen molar-refractivity contribution in [2.75, 3.05) is 0 Å². The van der Waals surface area contributed by atoms with Gasteiger partial charge in [0.25, 0.3) is 0 Å². The summed E-state index contributed by atoms with van der Waals surface area (Å²) in [5.74, 6) is 1.95. The molecular formula is C21H42O. The van der Waals surface area contributed by atoms with E-state index in [1.165, 1.54) is 6.42 Å². The van der Waals surface area contributed by atoms with Gasteiger partial charge in [0.2, 0.25) is 0 Å². The Morgan fingerprint density at radius 2 is 0.773 bits per heavy atom. The van der Waals surface area contributed by atoms with Crippen LogP contribution in [0.5, 0.6) is 0 Å². The fraction of sp³-hybridized carbons (Fsp3) is 1.00. The molecule has 0 spiro atoms. The zero-order valence-electron chi connectivity index (χ0n) is 17.4. The van der Waals surface area contributed by atoms with E-state index in [0.29, 0.717) is 33.9 Å². The number of rotatable bonds is 0. The first-order valence-corrected chi connectivity index (χ1v) is 9.11. The van der Waals surface area contributed by atoms with Crippen LogP contribution in [0.1, 0.15) is 89.5 Å². The second-order valence-corrected chi connectivity index (χ2v) is 11.9. The first-order chi connectivity index (χ1) is 9.45. The average Bonchev–Trinajstić information content (AvgIpc) is 3.07. The number of hydrogen-bond donors (Lipinski definition) is 0. The third kappa shape index (κ3) is 5.55. The summed E-state index contributed by atoms with van der Waals surface area (Å²) in [6, 6.07) is 0. The molecule has 0 N–H and O–H groups in total. The van der Waals surface area contributed by atoms with Gasteiger partial charge in [-0.3, -0.25) is 0 Å². The molecule has 0 aromatic heterocycles. The Morgan fingerprint density at radius 1 is 0.500 bits per heavy atom. The van der Waals surface area contributed by atoms with Gasteiger partial charge in [0.15, 0.2) is 0 Å². The van der Waals surface area contributed by atoms with Gasteiger partial charge in [-0.05, 0) is 39.9 Å². The summed E-state index contributed by atoms with van der Waals surface area (Å²) in [5, 5.41) is 0. The molecule has 1 heterocycles. The Kier molecular flexibility index (Phi) is 5.27. The molecule has 2 rings (SSSR count). The van der Waals surface area contributed by atoms with Gasteiger partial charge < -0.3 is 4.74 Å². The zero-order valence-corrected chi connectivity index (χ0v) is 17.4. The van der Waals surface area contributed by atoms with Crippen molar-refractivity contribution in [3.05, 3.63) is 0 Å². The van der Waals surface area contributed by atoms with Gasteiger partial charge in [-0.15, -0.1) is 0 Å². The third-order valence-corrected chi connectivity index (χ3v) is 5.21. The largest absolute Gasteiger partial charge is 0.368 e. The molecule has 1 heteroatoms. The molecule has 2 aliphatic rings. The van der Waals surface area contributed by atoms with Crippen molar-refractivity contribution in [2.45, 2.75) is 102 Å². The predicted molar refractivity (Wildman–Crippen MR) is 98.1 cm³/mol. The molecule has 22 heavy (non-hydrogen) atoms. The number of epoxide rings is 1. The lowest BCUT2D eigenvalue weighted by molar-refractivity contribution is 0.236. The molecule has 0 unspecified atom stereocenters. The second-order valence-electron chi connectivity index (χ2n) is 11.9. The molecule has 1 aliphatic heterocycles. The van der Waals surface area contributed by atoms with Crippen LogP contribution >= 0.6 is 0 Å². The lowest BCUT2D eigenvalue weighted by Gasteiger charge is -2.24. The van der Waals surface area contributed by atoms with Gasteiger partial charge >= 0.3 is 0 Å². The first-order valence-electron chi connectivity index (χ1n) is 9.11. The Balaban J connectivity index is 0.000000220. The monoisotopic (exact) mass is 310 g/mol. The molecule has 0 aromatic carbocycles. The average molecular weight is 311 g/mol. The highest BCUT2D eigenvalue weighted by Gasteiger charge is 2.52. The van der Waals surface area contributed by atoms with Crippen LogP contribution < -0.4 is 0 Å². The normalized spacial score (nSPS) is 32.2. The van der Waals surface area contributed by atoms with E-state index in [1.807, 2.05) is 0 Å². The zero-order chi connectivity index (χ0) is 17.7. The van der Waals surface area contributed by atoms with Crippen LogP contribution in [0.15, 0.2) is 0 Å². The molecule has 1 aliphatic carbocycles. The fourth-order valence-corrected chi connectivity index (χ4v) is 3.54. The van der Waals surface area contributed by atoms with E-state index in [-0.39, 0.29) is 0 Å². The van der Waals surface area contributed by atoms with Crippen molar-refractivity contribution in [2.24, 2.45) is 33.5 Å². The highest BCUT2D eigenvalue weighted by Crippen LogP contribution is 2.58. The molecular weight excluding hydrogens is 268 g/mol. The maximum absolute atomic E-state index is 5.65. The molecule has 1 saturated carbocycles. The highest BCUT2D eigenvalue weighted by atomic mass is 16.6. The van der Waals surface area contributed by atoms with Crippen molar-refractivity contribution in [1.82, 2.24) is 0 Å². The third-order valence-electron chi connectivity index (χ3n) is 5.21. The second kappa shape index (κ2) is 5.80. The summed E-state index contributed by atoms with van der Waals surface area (Å²) in [7, 11) is 0. The van der Waals surface area contributed by atoms with Crippen molar-refractivity contribution in [3.63, 3.8) is 0 Å². The van der Waals surface area contributed by atoms with Crippen molar-refractivity contribution in [1.29, 1.82) is 0 Å². The molecule has 0 bridgehead atoms. The SMILES string of the molecule is CC(C)(C)[C@@H]1C[C@H]1C(C)(C)C.CC(C)(C)[C@@H]1O[C@H]1C(C)(C)C. The minimum Gasteiger partial charge on any atom is -0.368 e. The fourth-order valence-electron chi connectivity index (χ4n) is 3.54. The van der Waals surface area contributed by atoms with Gasteiger partial charge in [0.05, 0.1) is 12.2 Å². The molecule has 132 valence electrons. The van der Waals surface area contributed by atoms with Gasteiger partial charge in [-0.25, -0.2) is 0 Å². The van der Waals surface area contributed by atoms with E-state index in [4.69, 9.17) is 4.74 Å². The van der Waals surface area contributed by atoms with Gasteiger partial charge in [-0.1, -0.05) is 83.1 Å². The van der Waals surface area contributed by atoms with Crippen LogP contribution in [0.3, 0.4) is 0 Å². The molecule has 0 radical (unpaired) electrons. The van der Waals surface area contributed by atoms with E-state index in [0.717, 1.165) is 11.8 Å². The predicted octanol–water partition coefficient (Wildman–Crippen LogP) is 6.56. The minimum atomic E-state index is 0.317. The Hall–Kier alpha value is -0.0400. The smallest absolute Gasteiger partial charge is 0.0895 e. The number of hydrogen-bond acceptors (Lipinski definition) is 1. The van der Waals surface area contributed by atoms with E-state index < -0.39 is 0 Å². The van der Waals surface area contributed by atoms with E-state index in [1.54, 1.807) is 0 Å². The molecule has 1 nitrogen and oxygen atoms in total. The summed E-state index contributed by atoms with van der Waals surface area (Å²) >= 11 is 0. The van der Waals surface area contributed by atoms with Crippen LogP contribution in [-0.2, 0) is 4.74 Å². The molecule has 0 aromatic rings. The Labute approximate surface area is 140 Å². The van der Waals surface area contributed by atoms with Crippen LogP contribution in [0.2, 0.25) is 0 Å². The molecule has 4 atom stereocenters.